The van der Waals surface area contributed by atoms with E-state index in [4.69, 9.17) is 16.3 Å². The Labute approximate surface area is 168 Å². The lowest BCUT2D eigenvalue weighted by molar-refractivity contribution is -0.132. The summed E-state index contributed by atoms with van der Waals surface area (Å²) in [5, 5.41) is 2.61. The van der Waals surface area contributed by atoms with E-state index in [0.29, 0.717) is 13.1 Å². The molecule has 1 aliphatic rings. The molecule has 7 nitrogen and oxygen atoms in total. The summed E-state index contributed by atoms with van der Waals surface area (Å²) >= 11 is 5.95. The smallest absolute Gasteiger partial charge is 0.407 e. The summed E-state index contributed by atoms with van der Waals surface area (Å²) < 4.78 is 19.0. The van der Waals surface area contributed by atoms with Crippen LogP contribution in [0.25, 0.3) is 0 Å². The van der Waals surface area contributed by atoms with E-state index in [0.717, 1.165) is 0 Å². The van der Waals surface area contributed by atoms with Gasteiger partial charge in [0.05, 0.1) is 10.6 Å². The highest BCUT2D eigenvalue weighted by molar-refractivity contribution is 6.33. The molecule has 3 amide bonds. The van der Waals surface area contributed by atoms with Crippen LogP contribution in [0, 0.1) is 5.82 Å². The van der Waals surface area contributed by atoms with Gasteiger partial charge in [-0.25, -0.2) is 9.18 Å². The highest BCUT2D eigenvalue weighted by Gasteiger charge is 2.27. The third-order valence-electron chi connectivity index (χ3n) is 4.10. The minimum absolute atomic E-state index is 0.0664. The molecular formula is C19H25ClFN3O4. The van der Waals surface area contributed by atoms with E-state index < -0.39 is 23.4 Å². The molecule has 1 aromatic carbocycles. The number of nitrogens with zero attached hydrogens (tertiary/aromatic N) is 2. The van der Waals surface area contributed by atoms with Crippen molar-refractivity contribution >= 4 is 29.5 Å². The van der Waals surface area contributed by atoms with Crippen LogP contribution < -0.4 is 5.32 Å². The maximum atomic E-state index is 13.9. The largest absolute Gasteiger partial charge is 0.444 e. The number of halogens is 2. The zero-order valence-corrected chi connectivity index (χ0v) is 17.0. The third-order valence-corrected chi connectivity index (χ3v) is 4.42. The van der Waals surface area contributed by atoms with Crippen molar-refractivity contribution in [2.24, 2.45) is 0 Å². The molecule has 1 N–H and O–H groups in total. The first kappa shape index (κ1) is 21.9. The fourth-order valence-electron chi connectivity index (χ4n) is 2.76. The molecule has 1 aromatic rings. The first-order chi connectivity index (χ1) is 13.1. The van der Waals surface area contributed by atoms with Gasteiger partial charge in [0.1, 0.15) is 11.4 Å². The van der Waals surface area contributed by atoms with Crippen molar-refractivity contribution in [3.63, 3.8) is 0 Å². The molecule has 0 unspecified atom stereocenters. The number of carbonyl (C=O) groups is 3. The highest BCUT2D eigenvalue weighted by atomic mass is 35.5. The molecule has 1 heterocycles. The van der Waals surface area contributed by atoms with Gasteiger partial charge in [-0.1, -0.05) is 17.7 Å². The number of hydrogen-bond donors (Lipinski definition) is 1. The van der Waals surface area contributed by atoms with Crippen LogP contribution in [0.1, 0.15) is 37.6 Å². The summed E-state index contributed by atoms with van der Waals surface area (Å²) in [6.07, 6.45) is -0.440. The van der Waals surface area contributed by atoms with Crippen LogP contribution in [0.4, 0.5) is 9.18 Å². The van der Waals surface area contributed by atoms with Crippen LogP contribution >= 0.6 is 11.6 Å². The van der Waals surface area contributed by atoms with E-state index in [1.165, 1.54) is 23.1 Å². The van der Waals surface area contributed by atoms with Crippen molar-refractivity contribution in [3.05, 3.63) is 34.6 Å². The second-order valence-corrected chi connectivity index (χ2v) is 7.86. The Kier molecular flexibility index (Phi) is 7.23. The van der Waals surface area contributed by atoms with Gasteiger partial charge in [-0.05, 0) is 32.9 Å². The highest BCUT2D eigenvalue weighted by Crippen LogP contribution is 2.21. The molecule has 28 heavy (non-hydrogen) atoms. The van der Waals surface area contributed by atoms with E-state index in [1.54, 1.807) is 25.7 Å². The van der Waals surface area contributed by atoms with Crippen molar-refractivity contribution < 1.29 is 23.5 Å². The van der Waals surface area contributed by atoms with Crippen LogP contribution in [-0.4, -0.2) is 66.0 Å². The molecule has 2 rings (SSSR count). The van der Waals surface area contributed by atoms with Gasteiger partial charge in [-0.15, -0.1) is 0 Å². The number of carbonyl (C=O) groups excluding carboxylic acids is 3. The zero-order chi connectivity index (χ0) is 20.9. The average molecular weight is 414 g/mol. The van der Waals surface area contributed by atoms with Crippen molar-refractivity contribution in [2.75, 3.05) is 32.7 Å². The summed E-state index contributed by atoms with van der Waals surface area (Å²) in [6.45, 7) is 6.68. The van der Waals surface area contributed by atoms with Gasteiger partial charge in [-0.2, -0.15) is 0 Å². The maximum Gasteiger partial charge on any atom is 0.407 e. The average Bonchev–Trinajstić information content (AvgIpc) is 2.60. The monoisotopic (exact) mass is 413 g/mol. The van der Waals surface area contributed by atoms with E-state index >= 15 is 0 Å². The molecule has 154 valence electrons. The molecule has 0 spiro atoms. The Morgan fingerprint density at radius 2 is 1.75 bits per heavy atom. The van der Waals surface area contributed by atoms with Gasteiger partial charge in [0.2, 0.25) is 5.91 Å². The minimum atomic E-state index is -0.663. The van der Waals surface area contributed by atoms with E-state index in [-0.39, 0.29) is 42.5 Å². The molecule has 9 heteroatoms. The predicted octanol–water partition coefficient (Wildman–Crippen LogP) is 2.68. The van der Waals surface area contributed by atoms with E-state index in [1.807, 2.05) is 0 Å². The van der Waals surface area contributed by atoms with Crippen molar-refractivity contribution in [1.82, 2.24) is 15.1 Å². The number of alkyl carbamates (subject to hydrolysis) is 1. The van der Waals surface area contributed by atoms with Gasteiger partial charge in [-0.3, -0.25) is 9.59 Å². The fraction of sp³-hybridized carbons (Fsp3) is 0.526. The Morgan fingerprint density at radius 1 is 1.14 bits per heavy atom. The lowest BCUT2D eigenvalue weighted by atomic mass is 10.1. The molecule has 1 saturated heterocycles. The second-order valence-electron chi connectivity index (χ2n) is 7.45. The van der Waals surface area contributed by atoms with Crippen LogP contribution in [-0.2, 0) is 9.53 Å². The SMILES string of the molecule is CC(C)(C)OC(=O)NCCC(=O)N1CCN(C(=O)c2c(F)cccc2Cl)CC1. The Hall–Kier alpha value is -2.35. The molecule has 0 bridgehead atoms. The lowest BCUT2D eigenvalue weighted by Crippen LogP contribution is -2.51. The van der Waals surface area contributed by atoms with Crippen molar-refractivity contribution in [1.29, 1.82) is 0 Å². The van der Waals surface area contributed by atoms with Crippen LogP contribution in [0.15, 0.2) is 18.2 Å². The standard InChI is InChI=1S/C19H25ClFN3O4/c1-19(2,3)28-18(27)22-8-7-15(25)23-9-11-24(12-10-23)17(26)16-13(20)5-4-6-14(16)21/h4-6H,7-12H2,1-3H3,(H,22,27). The molecule has 0 atom stereocenters. The molecule has 0 saturated carbocycles. The Morgan fingerprint density at radius 3 is 2.32 bits per heavy atom. The topological polar surface area (TPSA) is 79.0 Å². The zero-order valence-electron chi connectivity index (χ0n) is 16.3. The van der Waals surface area contributed by atoms with Crippen LogP contribution in [0.5, 0.6) is 0 Å². The van der Waals surface area contributed by atoms with Gasteiger partial charge in [0, 0.05) is 39.1 Å². The molecule has 0 aromatic heterocycles. The molecule has 0 aliphatic carbocycles. The summed E-state index contributed by atoms with van der Waals surface area (Å²) in [7, 11) is 0. The molecule has 1 aliphatic heterocycles. The first-order valence-corrected chi connectivity index (χ1v) is 9.44. The Balaban J connectivity index is 1.79. The fourth-order valence-corrected chi connectivity index (χ4v) is 3.01. The third kappa shape index (κ3) is 6.09. The number of piperazine rings is 1. The molecular weight excluding hydrogens is 389 g/mol. The quantitative estimate of drug-likeness (QED) is 0.823. The van der Waals surface area contributed by atoms with Gasteiger partial charge in [0.25, 0.3) is 5.91 Å². The maximum absolute atomic E-state index is 13.9. The minimum Gasteiger partial charge on any atom is -0.444 e. The van der Waals surface area contributed by atoms with Crippen molar-refractivity contribution in [2.45, 2.75) is 32.8 Å². The summed E-state index contributed by atoms with van der Waals surface area (Å²) in [4.78, 5) is 39.5. The number of rotatable bonds is 4. The summed E-state index contributed by atoms with van der Waals surface area (Å²) in [6, 6.07) is 4.10. The number of benzene rings is 1. The van der Waals surface area contributed by atoms with Gasteiger partial charge in [0.15, 0.2) is 0 Å². The number of ether oxygens (including phenoxy) is 1. The number of amides is 3. The lowest BCUT2D eigenvalue weighted by Gasteiger charge is -2.35. The molecule has 0 radical (unpaired) electrons. The summed E-state index contributed by atoms with van der Waals surface area (Å²) in [5.74, 6) is -1.28. The Bertz CT molecular complexity index is 723. The molecule has 1 fully saturated rings. The van der Waals surface area contributed by atoms with E-state index in [9.17, 15) is 18.8 Å². The van der Waals surface area contributed by atoms with Crippen LogP contribution in [0.2, 0.25) is 5.02 Å². The second kappa shape index (κ2) is 9.23. The van der Waals surface area contributed by atoms with Crippen molar-refractivity contribution in [3.8, 4) is 0 Å². The van der Waals surface area contributed by atoms with Gasteiger partial charge < -0.3 is 19.9 Å². The van der Waals surface area contributed by atoms with E-state index in [2.05, 4.69) is 5.32 Å². The number of nitrogens with one attached hydrogen (secondary N) is 1. The number of hydrogen-bond acceptors (Lipinski definition) is 4. The van der Waals surface area contributed by atoms with Gasteiger partial charge >= 0.3 is 6.09 Å². The normalized spacial score (nSPS) is 14.6. The van der Waals surface area contributed by atoms with Crippen LogP contribution in [0.3, 0.4) is 0 Å². The first-order valence-electron chi connectivity index (χ1n) is 9.06. The predicted molar refractivity (Wildman–Crippen MR) is 103 cm³/mol. The summed E-state index contributed by atoms with van der Waals surface area (Å²) in [5.41, 5.74) is -0.747.